The molecule has 5 nitrogen and oxygen atoms in total. The number of ether oxygens (including phenoxy) is 1. The molecule has 0 radical (unpaired) electrons. The Hall–Kier alpha value is -2.90. The molecule has 0 saturated heterocycles. The van der Waals surface area contributed by atoms with Crippen molar-refractivity contribution in [2.24, 2.45) is 0 Å². The lowest BCUT2D eigenvalue weighted by molar-refractivity contribution is 0.413. The molecule has 142 valence electrons. The largest absolute Gasteiger partial charge is 0.496 e. The fourth-order valence-corrected chi connectivity index (χ4v) is 3.50. The second kappa shape index (κ2) is 7.61. The normalized spacial score (nSPS) is 11.0. The van der Waals surface area contributed by atoms with Gasteiger partial charge in [0.05, 0.1) is 19.3 Å². The van der Waals surface area contributed by atoms with Gasteiger partial charge in [0.15, 0.2) is 4.77 Å². The third-order valence-corrected chi connectivity index (χ3v) is 5.02. The van der Waals surface area contributed by atoms with Gasteiger partial charge < -0.3 is 14.3 Å². The maximum absolute atomic E-state index is 13.7. The summed E-state index contributed by atoms with van der Waals surface area (Å²) in [6.07, 6.45) is 5.37. The van der Waals surface area contributed by atoms with E-state index in [9.17, 15) is 4.39 Å². The van der Waals surface area contributed by atoms with Gasteiger partial charge in [0.25, 0.3) is 0 Å². The topological polar surface area (TPSA) is 47.8 Å². The molecule has 0 unspecified atom stereocenters. The van der Waals surface area contributed by atoms with Crippen molar-refractivity contribution >= 4 is 23.8 Å². The van der Waals surface area contributed by atoms with Crippen molar-refractivity contribution < 1.29 is 9.13 Å². The van der Waals surface area contributed by atoms with Crippen LogP contribution < -0.4 is 4.74 Å². The molecule has 2 aromatic heterocycles. The third-order valence-electron chi connectivity index (χ3n) is 4.36. The van der Waals surface area contributed by atoms with Gasteiger partial charge in [-0.15, -0.1) is 0 Å². The summed E-state index contributed by atoms with van der Waals surface area (Å²) in [5.74, 6) is 0.835. The number of aromatic nitrogens is 4. The molecule has 0 atom stereocenters. The second-order valence-corrected chi connectivity index (χ2v) is 6.92. The molecular weight excluding hydrogens is 399 g/mol. The van der Waals surface area contributed by atoms with Crippen LogP contribution >= 0.6 is 23.8 Å². The molecule has 0 amide bonds. The lowest BCUT2D eigenvalue weighted by Gasteiger charge is -2.12. The fraction of sp³-hybridized carbons (Fsp3) is 0.100. The minimum absolute atomic E-state index is 0.368. The molecule has 0 aliphatic heterocycles. The zero-order valence-electron chi connectivity index (χ0n) is 14.9. The van der Waals surface area contributed by atoms with E-state index >= 15 is 0 Å². The SMILES string of the molecule is COc1cc(F)ccc1-c1cn(Cc2ncc[nH]2)c(=S)n1-c1ccc(Cl)cc1. The van der Waals surface area contributed by atoms with E-state index in [0.717, 1.165) is 22.8 Å². The molecule has 0 aliphatic rings. The Morgan fingerprint density at radius 2 is 2.00 bits per heavy atom. The number of halogens is 2. The van der Waals surface area contributed by atoms with Crippen molar-refractivity contribution in [1.29, 1.82) is 0 Å². The second-order valence-electron chi connectivity index (χ2n) is 6.12. The van der Waals surface area contributed by atoms with Gasteiger partial charge in [-0.3, -0.25) is 4.57 Å². The standard InChI is InChI=1S/C20H16ClFN4OS/c1-27-18-10-14(22)4-7-16(18)17-11-25(12-19-23-8-9-24-19)20(28)26(17)15-5-2-13(21)3-6-15/h2-11H,12H2,1H3,(H,23,24). The first-order valence-electron chi connectivity index (χ1n) is 8.47. The number of hydrogen-bond acceptors (Lipinski definition) is 3. The first-order chi connectivity index (χ1) is 13.6. The summed E-state index contributed by atoms with van der Waals surface area (Å²) < 4.78 is 23.5. The summed E-state index contributed by atoms with van der Waals surface area (Å²) in [5, 5.41) is 0.631. The lowest BCUT2D eigenvalue weighted by atomic mass is 10.1. The van der Waals surface area contributed by atoms with Crippen LogP contribution in [0.5, 0.6) is 5.75 Å². The summed E-state index contributed by atoms with van der Waals surface area (Å²) in [4.78, 5) is 7.35. The summed E-state index contributed by atoms with van der Waals surface area (Å²) in [6, 6.07) is 11.8. The highest BCUT2D eigenvalue weighted by Crippen LogP contribution is 2.33. The predicted molar refractivity (Wildman–Crippen MR) is 109 cm³/mol. The van der Waals surface area contributed by atoms with Crippen molar-refractivity contribution in [3.8, 4) is 22.7 Å². The Morgan fingerprint density at radius 3 is 2.68 bits per heavy atom. The van der Waals surface area contributed by atoms with E-state index in [1.807, 2.05) is 27.5 Å². The first-order valence-corrected chi connectivity index (χ1v) is 9.25. The van der Waals surface area contributed by atoms with Crippen molar-refractivity contribution in [1.82, 2.24) is 19.1 Å². The van der Waals surface area contributed by atoms with Gasteiger partial charge in [0, 0.05) is 40.9 Å². The number of nitrogens with one attached hydrogen (secondary N) is 1. The Morgan fingerprint density at radius 1 is 1.21 bits per heavy atom. The minimum atomic E-state index is -0.368. The third kappa shape index (κ3) is 3.46. The maximum atomic E-state index is 13.7. The number of nitrogens with zero attached hydrogens (tertiary/aromatic N) is 3. The Bertz CT molecular complexity index is 1170. The molecular formula is C20H16ClFN4OS. The summed E-state index contributed by atoms with van der Waals surface area (Å²) in [5.41, 5.74) is 2.34. The molecule has 0 aliphatic carbocycles. The molecule has 4 rings (SSSR count). The highest BCUT2D eigenvalue weighted by molar-refractivity contribution is 7.71. The van der Waals surface area contributed by atoms with Crippen LogP contribution in [-0.2, 0) is 6.54 Å². The van der Waals surface area contributed by atoms with E-state index in [4.69, 9.17) is 28.6 Å². The Labute approximate surface area is 171 Å². The molecule has 0 fully saturated rings. The first kappa shape index (κ1) is 18.5. The smallest absolute Gasteiger partial charge is 0.185 e. The molecule has 4 aromatic rings. The zero-order valence-corrected chi connectivity index (χ0v) is 16.5. The van der Waals surface area contributed by atoms with Crippen LogP contribution in [0.3, 0.4) is 0 Å². The van der Waals surface area contributed by atoms with Crippen molar-refractivity contribution in [3.63, 3.8) is 0 Å². The number of methoxy groups -OCH3 is 1. The molecule has 1 N–H and O–H groups in total. The maximum Gasteiger partial charge on any atom is 0.185 e. The Kier molecular flexibility index (Phi) is 5.02. The van der Waals surface area contributed by atoms with Crippen LogP contribution in [0, 0.1) is 10.6 Å². The van der Waals surface area contributed by atoms with Gasteiger partial charge in [-0.1, -0.05) is 11.6 Å². The van der Waals surface area contributed by atoms with Crippen LogP contribution in [0.2, 0.25) is 5.02 Å². The number of H-pyrrole nitrogens is 1. The van der Waals surface area contributed by atoms with E-state index in [2.05, 4.69) is 9.97 Å². The zero-order chi connectivity index (χ0) is 19.7. The monoisotopic (exact) mass is 414 g/mol. The quantitative estimate of drug-likeness (QED) is 0.454. The van der Waals surface area contributed by atoms with E-state index in [0.29, 0.717) is 22.1 Å². The highest BCUT2D eigenvalue weighted by Gasteiger charge is 2.17. The van der Waals surface area contributed by atoms with E-state index in [1.54, 1.807) is 30.6 Å². The van der Waals surface area contributed by atoms with Crippen molar-refractivity contribution in [2.75, 3.05) is 7.11 Å². The number of rotatable bonds is 5. The molecule has 0 saturated carbocycles. The van der Waals surface area contributed by atoms with Crippen LogP contribution in [0.1, 0.15) is 5.82 Å². The fourth-order valence-electron chi connectivity index (χ4n) is 3.06. The van der Waals surface area contributed by atoms with E-state index in [-0.39, 0.29) is 5.82 Å². The van der Waals surface area contributed by atoms with Gasteiger partial charge in [0.1, 0.15) is 17.4 Å². The highest BCUT2D eigenvalue weighted by atomic mass is 35.5. The van der Waals surface area contributed by atoms with Crippen LogP contribution in [-0.4, -0.2) is 26.2 Å². The molecule has 0 spiro atoms. The van der Waals surface area contributed by atoms with Crippen LogP contribution in [0.4, 0.5) is 4.39 Å². The lowest BCUT2D eigenvalue weighted by Crippen LogP contribution is -2.03. The van der Waals surface area contributed by atoms with Crippen molar-refractivity contribution in [3.05, 3.63) is 82.5 Å². The molecule has 2 aromatic carbocycles. The van der Waals surface area contributed by atoms with Gasteiger partial charge in [0.2, 0.25) is 0 Å². The van der Waals surface area contributed by atoms with Gasteiger partial charge >= 0.3 is 0 Å². The van der Waals surface area contributed by atoms with Gasteiger partial charge in [-0.05, 0) is 48.6 Å². The molecule has 8 heteroatoms. The van der Waals surface area contributed by atoms with E-state index in [1.165, 1.54) is 19.2 Å². The summed E-state index contributed by atoms with van der Waals surface area (Å²) in [6.45, 7) is 0.475. The molecule has 2 heterocycles. The van der Waals surface area contributed by atoms with Gasteiger partial charge in [-0.25, -0.2) is 9.37 Å². The predicted octanol–water partition coefficient (Wildman–Crippen LogP) is 5.25. The number of hydrogen-bond donors (Lipinski definition) is 1. The van der Waals surface area contributed by atoms with Crippen LogP contribution in [0.15, 0.2) is 61.1 Å². The molecule has 0 bridgehead atoms. The minimum Gasteiger partial charge on any atom is -0.496 e. The summed E-state index contributed by atoms with van der Waals surface area (Å²) >= 11 is 11.8. The molecule has 28 heavy (non-hydrogen) atoms. The average molecular weight is 415 g/mol. The number of benzene rings is 2. The van der Waals surface area contributed by atoms with Crippen molar-refractivity contribution in [2.45, 2.75) is 6.54 Å². The Balaban J connectivity index is 1.93. The van der Waals surface area contributed by atoms with Crippen LogP contribution in [0.25, 0.3) is 16.9 Å². The van der Waals surface area contributed by atoms with E-state index < -0.39 is 0 Å². The summed E-state index contributed by atoms with van der Waals surface area (Å²) in [7, 11) is 1.51. The average Bonchev–Trinajstić information content (AvgIpc) is 3.31. The van der Waals surface area contributed by atoms with Gasteiger partial charge in [-0.2, -0.15) is 0 Å². The number of aromatic amines is 1. The number of imidazole rings is 2.